The first kappa shape index (κ1) is 21.5. The van der Waals surface area contributed by atoms with Gasteiger partial charge in [-0.15, -0.1) is 11.8 Å². The van der Waals surface area contributed by atoms with Crippen LogP contribution >= 0.6 is 11.8 Å². The molecule has 4 atom stereocenters. The Hall–Kier alpha value is -2.72. The molecule has 1 aliphatic rings. The van der Waals surface area contributed by atoms with Crippen molar-refractivity contribution < 1.29 is 18.7 Å². The molecule has 4 rings (SSSR count). The molecule has 2 aromatic heterocycles. The van der Waals surface area contributed by atoms with E-state index in [2.05, 4.69) is 15.1 Å². The van der Waals surface area contributed by atoms with Gasteiger partial charge in [-0.05, 0) is 18.6 Å². The largest absolute Gasteiger partial charge is 0.453 e. The van der Waals surface area contributed by atoms with Crippen molar-refractivity contribution in [3.8, 4) is 0 Å². The molecule has 1 aromatic carbocycles. The van der Waals surface area contributed by atoms with Crippen molar-refractivity contribution >= 4 is 34.6 Å². The lowest BCUT2D eigenvalue weighted by Gasteiger charge is -2.18. The van der Waals surface area contributed by atoms with Crippen LogP contribution in [0.5, 0.6) is 0 Å². The molecule has 0 saturated carbocycles. The maximum atomic E-state index is 15.6. The van der Waals surface area contributed by atoms with Crippen molar-refractivity contribution in [2.75, 3.05) is 5.73 Å². The Kier molecular flexibility index (Phi) is 6.10. The number of hydrogen-bond acceptors (Lipinski definition) is 8. The van der Waals surface area contributed by atoms with E-state index in [1.54, 1.807) is 30.3 Å². The van der Waals surface area contributed by atoms with Crippen molar-refractivity contribution in [1.29, 1.82) is 0 Å². The van der Waals surface area contributed by atoms with E-state index in [0.29, 0.717) is 28.0 Å². The molecule has 0 spiro atoms. The van der Waals surface area contributed by atoms with Crippen molar-refractivity contribution in [1.82, 2.24) is 19.7 Å². The van der Waals surface area contributed by atoms with E-state index in [1.807, 2.05) is 20.8 Å². The summed E-state index contributed by atoms with van der Waals surface area (Å²) in [5.74, 6) is -0.323. The van der Waals surface area contributed by atoms with Crippen LogP contribution in [0.2, 0.25) is 0 Å². The lowest BCUT2D eigenvalue weighted by Crippen LogP contribution is -2.34. The summed E-state index contributed by atoms with van der Waals surface area (Å²) in [5.41, 5.74) is 6.81. The fourth-order valence-electron chi connectivity index (χ4n) is 3.57. The van der Waals surface area contributed by atoms with Gasteiger partial charge in [0.15, 0.2) is 24.2 Å². The topological polar surface area (TPSA) is 105 Å². The molecule has 0 radical (unpaired) electrons. The van der Waals surface area contributed by atoms with Crippen molar-refractivity contribution in [2.45, 2.75) is 62.1 Å². The fraction of sp³-hybridized carbons (Fsp3) is 0.429. The molecule has 0 unspecified atom stereocenters. The Morgan fingerprint density at radius 1 is 1.32 bits per heavy atom. The summed E-state index contributed by atoms with van der Waals surface area (Å²) in [4.78, 5) is 20.9. The van der Waals surface area contributed by atoms with Crippen LogP contribution in [0.15, 0.2) is 41.7 Å². The molecule has 0 bridgehead atoms. The lowest BCUT2D eigenvalue weighted by atomic mass is 10.1. The smallest absolute Gasteiger partial charge is 0.338 e. The highest BCUT2D eigenvalue weighted by Gasteiger charge is 2.49. The van der Waals surface area contributed by atoms with Gasteiger partial charge in [0.1, 0.15) is 23.3 Å². The first-order chi connectivity index (χ1) is 14.9. The number of hydrogen-bond donors (Lipinski definition) is 1. The fourth-order valence-corrected chi connectivity index (χ4v) is 4.47. The Morgan fingerprint density at radius 2 is 2.06 bits per heavy atom. The summed E-state index contributed by atoms with van der Waals surface area (Å²) in [7, 11) is 0. The van der Waals surface area contributed by atoms with Crippen molar-refractivity contribution in [3.63, 3.8) is 0 Å². The number of benzene rings is 1. The van der Waals surface area contributed by atoms with Crippen LogP contribution in [0.3, 0.4) is 0 Å². The number of aromatic nitrogens is 4. The number of alkyl halides is 1. The zero-order valence-electron chi connectivity index (χ0n) is 17.4. The number of thioether (sulfide) groups is 1. The average molecular weight is 446 g/mol. The van der Waals surface area contributed by atoms with Crippen LogP contribution in [-0.4, -0.2) is 49.3 Å². The van der Waals surface area contributed by atoms with Crippen LogP contribution in [0.25, 0.3) is 11.0 Å². The summed E-state index contributed by atoms with van der Waals surface area (Å²) in [6.07, 6.45) is -2.64. The van der Waals surface area contributed by atoms with Crippen molar-refractivity contribution in [3.05, 3.63) is 42.2 Å². The van der Waals surface area contributed by atoms with Crippen LogP contribution < -0.4 is 5.73 Å². The SMILES string of the molecule is CC[C@H]1O[C@@H](n2nc(SC(C)C)c3c(N)ncnc32)[C@@H](F)[C@@H]1OC(=O)c1ccccc1. The molecule has 1 saturated heterocycles. The van der Waals surface area contributed by atoms with E-state index in [4.69, 9.17) is 15.2 Å². The first-order valence-corrected chi connectivity index (χ1v) is 11.0. The number of carbonyl (C=O) groups excluding carboxylic acids is 1. The molecule has 3 aromatic rings. The zero-order valence-corrected chi connectivity index (χ0v) is 18.3. The molecule has 10 heteroatoms. The second-order valence-electron chi connectivity index (χ2n) is 7.53. The summed E-state index contributed by atoms with van der Waals surface area (Å²) in [6.45, 7) is 5.89. The summed E-state index contributed by atoms with van der Waals surface area (Å²) in [5, 5.41) is 5.95. The molecule has 3 heterocycles. The van der Waals surface area contributed by atoms with Gasteiger partial charge in [-0.25, -0.2) is 23.8 Å². The molecule has 31 heavy (non-hydrogen) atoms. The molecule has 0 amide bonds. The quantitative estimate of drug-likeness (QED) is 0.451. The second-order valence-corrected chi connectivity index (χ2v) is 9.09. The highest BCUT2D eigenvalue weighted by atomic mass is 32.2. The molecule has 2 N–H and O–H groups in total. The average Bonchev–Trinajstić information content (AvgIpc) is 3.26. The standard InChI is InChI=1S/C21H24FN5O3S/c1-4-13-16(30-21(28)12-8-6-5-7-9-12)15(22)20(29-13)27-18-14(17(23)24-10-25-18)19(26-27)31-11(2)3/h5-11,13,15-16,20H,4H2,1-3H3,(H2,23,24,25)/t13-,15+,16-,20-/m1/s1. The molecule has 164 valence electrons. The number of nitrogens with zero attached hydrogens (tertiary/aromatic N) is 4. The van der Waals surface area contributed by atoms with Crippen LogP contribution in [0, 0.1) is 0 Å². The molecular formula is C21H24FN5O3S. The van der Waals surface area contributed by atoms with Crippen LogP contribution in [0.1, 0.15) is 43.8 Å². The minimum Gasteiger partial charge on any atom is -0.453 e. The summed E-state index contributed by atoms with van der Waals surface area (Å²) >= 11 is 1.48. The van der Waals surface area contributed by atoms with Gasteiger partial charge in [0.2, 0.25) is 0 Å². The minimum atomic E-state index is -1.63. The van der Waals surface area contributed by atoms with Gasteiger partial charge in [-0.3, -0.25) is 0 Å². The predicted molar refractivity (Wildman–Crippen MR) is 115 cm³/mol. The first-order valence-electron chi connectivity index (χ1n) is 10.1. The summed E-state index contributed by atoms with van der Waals surface area (Å²) in [6, 6.07) is 8.49. The van der Waals surface area contributed by atoms with Gasteiger partial charge in [0.05, 0.1) is 10.9 Å². The van der Waals surface area contributed by atoms with Crippen LogP contribution in [0.4, 0.5) is 10.2 Å². The third-order valence-corrected chi connectivity index (χ3v) is 5.98. The molecule has 8 nitrogen and oxygen atoms in total. The highest BCUT2D eigenvalue weighted by Crippen LogP contribution is 2.39. The van der Waals surface area contributed by atoms with E-state index >= 15 is 4.39 Å². The normalized spacial score (nSPS) is 23.5. The third kappa shape index (κ3) is 4.09. The van der Waals surface area contributed by atoms with E-state index in [9.17, 15) is 4.79 Å². The maximum absolute atomic E-state index is 15.6. The van der Waals surface area contributed by atoms with Gasteiger partial charge in [-0.2, -0.15) is 5.10 Å². The van der Waals surface area contributed by atoms with Gasteiger partial charge < -0.3 is 15.2 Å². The number of nitrogens with two attached hydrogens (primary N) is 1. The number of halogens is 1. The van der Waals surface area contributed by atoms with Gasteiger partial charge >= 0.3 is 5.97 Å². The number of anilines is 1. The number of rotatable bonds is 6. The highest BCUT2D eigenvalue weighted by molar-refractivity contribution is 8.00. The third-order valence-electron chi connectivity index (χ3n) is 5.00. The molecule has 1 aliphatic heterocycles. The Bertz CT molecular complexity index is 1080. The number of ether oxygens (including phenoxy) is 2. The van der Waals surface area contributed by atoms with E-state index < -0.39 is 30.6 Å². The van der Waals surface area contributed by atoms with E-state index in [0.717, 1.165) is 0 Å². The van der Waals surface area contributed by atoms with Crippen molar-refractivity contribution in [2.24, 2.45) is 0 Å². The van der Waals surface area contributed by atoms with Gasteiger partial charge in [0, 0.05) is 5.25 Å². The number of carbonyl (C=O) groups is 1. The van der Waals surface area contributed by atoms with Crippen LogP contribution in [-0.2, 0) is 9.47 Å². The molecule has 1 fully saturated rings. The Balaban J connectivity index is 1.67. The van der Waals surface area contributed by atoms with E-state index in [1.165, 1.54) is 22.8 Å². The Labute approximate surface area is 183 Å². The van der Waals surface area contributed by atoms with Gasteiger partial charge in [0.25, 0.3) is 0 Å². The molecular weight excluding hydrogens is 421 g/mol. The maximum Gasteiger partial charge on any atom is 0.338 e. The number of esters is 1. The second kappa shape index (κ2) is 8.80. The minimum absolute atomic E-state index is 0.222. The number of nitrogen functional groups attached to an aromatic ring is 1. The zero-order chi connectivity index (χ0) is 22.1. The summed E-state index contributed by atoms with van der Waals surface area (Å²) < 4.78 is 28.5. The predicted octanol–water partition coefficient (Wildman–Crippen LogP) is 3.78. The van der Waals surface area contributed by atoms with Gasteiger partial charge in [-0.1, -0.05) is 39.0 Å². The number of fused-ring (bicyclic) bond motifs is 1. The monoisotopic (exact) mass is 445 g/mol. The molecule has 0 aliphatic carbocycles. The lowest BCUT2D eigenvalue weighted by molar-refractivity contribution is -0.0345. The van der Waals surface area contributed by atoms with E-state index in [-0.39, 0.29) is 11.1 Å². The Morgan fingerprint density at radius 3 is 2.74 bits per heavy atom.